The number of hydrogen-bond donors (Lipinski definition) is 2. The van der Waals surface area contributed by atoms with Crippen molar-refractivity contribution in [3.8, 4) is 0 Å². The fourth-order valence-corrected chi connectivity index (χ4v) is 3.22. The molecule has 0 spiro atoms. The van der Waals surface area contributed by atoms with Crippen molar-refractivity contribution in [3.63, 3.8) is 0 Å². The highest BCUT2D eigenvalue weighted by Gasteiger charge is 2.20. The van der Waals surface area contributed by atoms with Gasteiger partial charge in [0.25, 0.3) is 5.91 Å². The Morgan fingerprint density at radius 1 is 1.17 bits per heavy atom. The summed E-state index contributed by atoms with van der Waals surface area (Å²) in [5.74, 6) is -0.286. The van der Waals surface area contributed by atoms with Crippen LogP contribution in [0.4, 0.5) is 0 Å². The molecule has 3 rings (SSSR count). The molecule has 1 unspecified atom stereocenters. The molecule has 0 bridgehead atoms. The lowest BCUT2D eigenvalue weighted by Gasteiger charge is -2.12. The van der Waals surface area contributed by atoms with Gasteiger partial charge in [0.2, 0.25) is 0 Å². The number of aliphatic hydroxyl groups excluding tert-OH is 1. The molecular formula is C19H19ClN2O2. The first-order valence-electron chi connectivity index (χ1n) is 7.81. The van der Waals surface area contributed by atoms with Gasteiger partial charge in [-0.05, 0) is 11.6 Å². The average molecular weight is 343 g/mol. The van der Waals surface area contributed by atoms with Crippen molar-refractivity contribution >= 4 is 28.4 Å². The first-order chi connectivity index (χ1) is 11.6. The van der Waals surface area contributed by atoms with Gasteiger partial charge in [0.15, 0.2) is 0 Å². The Balaban J connectivity index is 1.69. The quantitative estimate of drug-likeness (QED) is 0.748. The zero-order chi connectivity index (χ0) is 17.1. The normalized spacial score (nSPS) is 12.3. The molecule has 124 valence electrons. The second kappa shape index (κ2) is 7.07. The summed E-state index contributed by atoms with van der Waals surface area (Å²) in [7, 11) is 1.81. The maximum atomic E-state index is 12.5. The van der Waals surface area contributed by atoms with Crippen LogP contribution in [0.2, 0.25) is 5.02 Å². The summed E-state index contributed by atoms with van der Waals surface area (Å²) < 4.78 is 1.77. The van der Waals surface area contributed by atoms with Crippen molar-refractivity contribution in [2.24, 2.45) is 7.05 Å². The molecule has 0 aliphatic carbocycles. The van der Waals surface area contributed by atoms with E-state index in [1.807, 2.05) is 61.6 Å². The number of carbonyl (C=O) groups is 1. The number of hydrogen-bond acceptors (Lipinski definition) is 2. The third-order valence-electron chi connectivity index (χ3n) is 4.07. The van der Waals surface area contributed by atoms with Crippen LogP contribution in [0.5, 0.6) is 0 Å². The molecule has 0 saturated heterocycles. The number of aryl methyl sites for hydroxylation is 1. The van der Waals surface area contributed by atoms with Gasteiger partial charge in [-0.1, -0.05) is 60.1 Å². The van der Waals surface area contributed by atoms with Crippen molar-refractivity contribution < 1.29 is 9.90 Å². The second-order valence-electron chi connectivity index (χ2n) is 5.79. The average Bonchev–Trinajstić information content (AvgIpc) is 2.85. The van der Waals surface area contributed by atoms with E-state index in [-0.39, 0.29) is 12.5 Å². The minimum atomic E-state index is -0.648. The fraction of sp³-hybridized carbons (Fsp3) is 0.211. The summed E-state index contributed by atoms with van der Waals surface area (Å²) in [5, 5.41) is 14.2. The van der Waals surface area contributed by atoms with E-state index in [2.05, 4.69) is 5.32 Å². The maximum Gasteiger partial charge on any atom is 0.269 e. The molecule has 1 amide bonds. The highest BCUT2D eigenvalue weighted by Crippen LogP contribution is 2.29. The zero-order valence-corrected chi connectivity index (χ0v) is 14.1. The Morgan fingerprint density at radius 3 is 2.54 bits per heavy atom. The zero-order valence-electron chi connectivity index (χ0n) is 13.4. The van der Waals surface area contributed by atoms with Crippen molar-refractivity contribution in [1.29, 1.82) is 0 Å². The molecule has 2 aromatic carbocycles. The van der Waals surface area contributed by atoms with Crippen LogP contribution in [-0.2, 0) is 13.5 Å². The van der Waals surface area contributed by atoms with Crippen LogP contribution in [-0.4, -0.2) is 28.2 Å². The van der Waals surface area contributed by atoms with Gasteiger partial charge in [-0.3, -0.25) is 4.79 Å². The molecule has 0 fully saturated rings. The minimum Gasteiger partial charge on any atom is -0.391 e. The number of carbonyl (C=O) groups excluding carboxylic acids is 1. The van der Waals surface area contributed by atoms with Crippen LogP contribution < -0.4 is 5.32 Å². The van der Waals surface area contributed by atoms with Gasteiger partial charge in [-0.25, -0.2) is 0 Å². The molecule has 1 atom stereocenters. The van der Waals surface area contributed by atoms with E-state index in [0.29, 0.717) is 17.1 Å². The molecule has 24 heavy (non-hydrogen) atoms. The Hall–Kier alpha value is -2.30. The van der Waals surface area contributed by atoms with Crippen LogP contribution in [0.25, 0.3) is 10.9 Å². The van der Waals surface area contributed by atoms with Gasteiger partial charge in [0.05, 0.1) is 11.1 Å². The number of fused-ring (bicyclic) bond motifs is 1. The standard InChI is InChI=1S/C19H19ClN2O2/c1-22-16-10-6-5-9-15(16)17(20)18(22)19(24)21-12-14(23)11-13-7-3-2-4-8-13/h2-10,14,23H,11-12H2,1H3,(H,21,24). The molecule has 3 aromatic rings. The predicted molar refractivity (Wildman–Crippen MR) is 96.4 cm³/mol. The lowest BCUT2D eigenvalue weighted by atomic mass is 10.1. The van der Waals surface area contributed by atoms with E-state index < -0.39 is 6.10 Å². The molecule has 0 aliphatic heterocycles. The van der Waals surface area contributed by atoms with Crippen molar-refractivity contribution in [2.75, 3.05) is 6.54 Å². The molecule has 1 heterocycles. The van der Waals surface area contributed by atoms with E-state index in [4.69, 9.17) is 11.6 Å². The number of nitrogens with zero attached hydrogens (tertiary/aromatic N) is 1. The number of para-hydroxylation sites is 1. The number of amides is 1. The summed E-state index contributed by atoms with van der Waals surface area (Å²) in [4.78, 5) is 12.5. The SMILES string of the molecule is Cn1c(C(=O)NCC(O)Cc2ccccc2)c(Cl)c2ccccc21. The van der Waals surface area contributed by atoms with Crippen LogP contribution >= 0.6 is 11.6 Å². The molecule has 2 N–H and O–H groups in total. The van der Waals surface area contributed by atoms with Crippen LogP contribution in [0, 0.1) is 0 Å². The number of benzene rings is 2. The van der Waals surface area contributed by atoms with Gasteiger partial charge < -0.3 is 15.0 Å². The van der Waals surface area contributed by atoms with Crippen LogP contribution in [0.15, 0.2) is 54.6 Å². The number of aliphatic hydroxyl groups is 1. The molecule has 1 aromatic heterocycles. The molecule has 5 heteroatoms. The van der Waals surface area contributed by atoms with E-state index >= 15 is 0 Å². The summed E-state index contributed by atoms with van der Waals surface area (Å²) in [6.45, 7) is 0.172. The minimum absolute atomic E-state index is 0.172. The van der Waals surface area contributed by atoms with Crippen LogP contribution in [0.1, 0.15) is 16.1 Å². The Morgan fingerprint density at radius 2 is 1.83 bits per heavy atom. The van der Waals surface area contributed by atoms with Crippen LogP contribution in [0.3, 0.4) is 0 Å². The molecule has 4 nitrogen and oxygen atoms in total. The summed E-state index contributed by atoms with van der Waals surface area (Å²) in [5.41, 5.74) is 2.34. The highest BCUT2D eigenvalue weighted by atomic mass is 35.5. The third kappa shape index (κ3) is 3.30. The number of halogens is 1. The predicted octanol–water partition coefficient (Wildman–Crippen LogP) is 3.17. The summed E-state index contributed by atoms with van der Waals surface area (Å²) >= 11 is 6.36. The number of aromatic nitrogens is 1. The van der Waals surface area contributed by atoms with E-state index in [0.717, 1.165) is 16.5 Å². The summed E-state index contributed by atoms with van der Waals surface area (Å²) in [6.07, 6.45) is -0.158. The molecule has 0 aliphatic rings. The molecular weight excluding hydrogens is 324 g/mol. The summed E-state index contributed by atoms with van der Waals surface area (Å²) in [6, 6.07) is 17.3. The van der Waals surface area contributed by atoms with Crippen molar-refractivity contribution in [3.05, 3.63) is 70.9 Å². The monoisotopic (exact) mass is 342 g/mol. The highest BCUT2D eigenvalue weighted by molar-refractivity contribution is 6.38. The largest absolute Gasteiger partial charge is 0.391 e. The Labute approximate surface area is 145 Å². The lowest BCUT2D eigenvalue weighted by molar-refractivity contribution is 0.0908. The smallest absolute Gasteiger partial charge is 0.269 e. The molecule has 0 radical (unpaired) electrons. The van der Waals surface area contributed by atoms with Gasteiger partial charge in [-0.2, -0.15) is 0 Å². The van der Waals surface area contributed by atoms with Gasteiger partial charge in [0, 0.05) is 30.9 Å². The van der Waals surface area contributed by atoms with Gasteiger partial charge >= 0.3 is 0 Å². The first kappa shape index (κ1) is 16.6. The van der Waals surface area contributed by atoms with Gasteiger partial charge in [-0.15, -0.1) is 0 Å². The van der Waals surface area contributed by atoms with Crippen molar-refractivity contribution in [2.45, 2.75) is 12.5 Å². The van der Waals surface area contributed by atoms with Gasteiger partial charge in [0.1, 0.15) is 5.69 Å². The van der Waals surface area contributed by atoms with E-state index in [1.54, 1.807) is 4.57 Å². The first-order valence-corrected chi connectivity index (χ1v) is 8.19. The topological polar surface area (TPSA) is 54.3 Å². The fourth-order valence-electron chi connectivity index (χ4n) is 2.85. The second-order valence-corrected chi connectivity index (χ2v) is 6.17. The number of rotatable bonds is 5. The van der Waals surface area contributed by atoms with E-state index in [1.165, 1.54) is 0 Å². The maximum absolute atomic E-state index is 12.5. The van der Waals surface area contributed by atoms with E-state index in [9.17, 15) is 9.90 Å². The lowest BCUT2D eigenvalue weighted by Crippen LogP contribution is -2.34. The Bertz CT molecular complexity index is 819. The number of nitrogens with one attached hydrogen (secondary N) is 1. The molecule has 0 saturated carbocycles. The Kier molecular flexibility index (Phi) is 4.88. The third-order valence-corrected chi connectivity index (χ3v) is 4.46. The van der Waals surface area contributed by atoms with Crippen molar-refractivity contribution in [1.82, 2.24) is 9.88 Å².